The fraction of sp³-hybridized carbons (Fsp3) is 0.130. The Morgan fingerprint density at radius 3 is 2.60 bits per heavy atom. The van der Waals surface area contributed by atoms with Gasteiger partial charge in [0, 0.05) is 29.9 Å². The van der Waals surface area contributed by atoms with Crippen molar-refractivity contribution in [2.75, 3.05) is 0 Å². The number of nitrogens with one attached hydrogen (secondary N) is 1. The van der Waals surface area contributed by atoms with Gasteiger partial charge in [0.05, 0.1) is 11.3 Å². The molecule has 0 atom stereocenters. The highest BCUT2D eigenvalue weighted by Gasteiger charge is 2.15. The predicted octanol–water partition coefficient (Wildman–Crippen LogP) is 3.95. The number of H-pyrrole nitrogens is 1. The van der Waals surface area contributed by atoms with E-state index in [1.54, 1.807) is 36.0 Å². The number of fused-ring (bicyclic) bond motifs is 1. The smallest absolute Gasteiger partial charge is 0.335 e. The molecule has 7 heteroatoms. The third-order valence-corrected chi connectivity index (χ3v) is 5.04. The molecule has 4 aromatic rings. The van der Waals surface area contributed by atoms with E-state index in [2.05, 4.69) is 16.2 Å². The van der Waals surface area contributed by atoms with Gasteiger partial charge in [-0.3, -0.25) is 9.48 Å². The number of carbonyl (C=O) groups excluding carboxylic acids is 1. The minimum atomic E-state index is -0.972. The molecule has 0 bridgehead atoms. The van der Waals surface area contributed by atoms with Crippen LogP contribution < -0.4 is 0 Å². The molecule has 4 rings (SSSR count). The van der Waals surface area contributed by atoms with Crippen LogP contribution in [-0.4, -0.2) is 31.6 Å². The number of nitriles is 1. The van der Waals surface area contributed by atoms with Crippen LogP contribution in [0.25, 0.3) is 22.2 Å². The zero-order valence-electron chi connectivity index (χ0n) is 16.2. The first-order valence-electron chi connectivity index (χ1n) is 9.37. The Labute approximate surface area is 172 Å². The molecule has 0 fully saturated rings. The SMILES string of the molecule is Cn1nc(C(=O)CCc2ccc(C(=O)O)cc2)cc1-c1ccc2[nH]c(C#N)cc2c1. The summed E-state index contributed by atoms with van der Waals surface area (Å²) in [5.41, 5.74) is 4.61. The van der Waals surface area contributed by atoms with Crippen LogP contribution in [0.4, 0.5) is 0 Å². The molecule has 0 radical (unpaired) electrons. The van der Waals surface area contributed by atoms with E-state index in [9.17, 15) is 9.59 Å². The number of carbonyl (C=O) groups is 2. The third-order valence-electron chi connectivity index (χ3n) is 5.04. The number of aryl methyl sites for hydroxylation is 2. The molecule has 0 saturated heterocycles. The highest BCUT2D eigenvalue weighted by Crippen LogP contribution is 2.26. The summed E-state index contributed by atoms with van der Waals surface area (Å²) in [4.78, 5) is 26.6. The number of carboxylic acids is 1. The van der Waals surface area contributed by atoms with Crippen LogP contribution >= 0.6 is 0 Å². The quantitative estimate of drug-likeness (QED) is 0.478. The van der Waals surface area contributed by atoms with Crippen LogP contribution in [0.15, 0.2) is 54.6 Å². The molecule has 2 N–H and O–H groups in total. The van der Waals surface area contributed by atoms with Gasteiger partial charge >= 0.3 is 5.97 Å². The molecule has 0 spiro atoms. The van der Waals surface area contributed by atoms with Gasteiger partial charge in [-0.25, -0.2) is 4.79 Å². The number of aromatic nitrogens is 3. The number of nitrogens with zero attached hydrogens (tertiary/aromatic N) is 3. The number of benzene rings is 2. The average molecular weight is 398 g/mol. The highest BCUT2D eigenvalue weighted by atomic mass is 16.4. The first-order chi connectivity index (χ1) is 14.4. The largest absolute Gasteiger partial charge is 0.478 e. The van der Waals surface area contributed by atoms with Crippen molar-refractivity contribution in [2.24, 2.45) is 7.05 Å². The molecule has 0 aliphatic rings. The summed E-state index contributed by atoms with van der Waals surface area (Å²) in [6.07, 6.45) is 0.794. The normalized spacial score (nSPS) is 10.8. The number of aromatic carboxylic acids is 1. The van der Waals surface area contributed by atoms with Crippen molar-refractivity contribution in [3.05, 3.63) is 77.1 Å². The second-order valence-corrected chi connectivity index (χ2v) is 7.06. The number of ketones is 1. The maximum Gasteiger partial charge on any atom is 0.335 e. The Kier molecular flexibility index (Phi) is 4.90. The van der Waals surface area contributed by atoms with Gasteiger partial charge < -0.3 is 10.1 Å². The predicted molar refractivity (Wildman–Crippen MR) is 111 cm³/mol. The Morgan fingerprint density at radius 2 is 1.90 bits per heavy atom. The van der Waals surface area contributed by atoms with Crippen molar-refractivity contribution in [1.82, 2.24) is 14.8 Å². The van der Waals surface area contributed by atoms with Crippen LogP contribution in [0, 0.1) is 11.3 Å². The summed E-state index contributed by atoms with van der Waals surface area (Å²) in [5, 5.41) is 23.3. The van der Waals surface area contributed by atoms with Crippen LogP contribution in [0.1, 0.15) is 38.5 Å². The zero-order valence-corrected chi connectivity index (χ0v) is 16.2. The number of hydrogen-bond acceptors (Lipinski definition) is 4. The van der Waals surface area contributed by atoms with Gasteiger partial charge in [0.1, 0.15) is 17.5 Å². The lowest BCUT2D eigenvalue weighted by Crippen LogP contribution is -2.03. The lowest BCUT2D eigenvalue weighted by molar-refractivity contribution is 0.0696. The highest BCUT2D eigenvalue weighted by molar-refractivity contribution is 5.96. The summed E-state index contributed by atoms with van der Waals surface area (Å²) >= 11 is 0. The minimum absolute atomic E-state index is 0.0753. The van der Waals surface area contributed by atoms with E-state index in [1.807, 2.05) is 18.2 Å². The van der Waals surface area contributed by atoms with E-state index in [4.69, 9.17) is 10.4 Å². The van der Waals surface area contributed by atoms with Crippen molar-refractivity contribution in [1.29, 1.82) is 5.26 Å². The number of hydrogen-bond donors (Lipinski definition) is 2. The van der Waals surface area contributed by atoms with Gasteiger partial charge in [0.15, 0.2) is 5.78 Å². The lowest BCUT2D eigenvalue weighted by Gasteiger charge is -2.01. The molecule has 30 heavy (non-hydrogen) atoms. The summed E-state index contributed by atoms with van der Waals surface area (Å²) in [6.45, 7) is 0. The summed E-state index contributed by atoms with van der Waals surface area (Å²) < 4.78 is 1.67. The Balaban J connectivity index is 1.51. The molecule has 0 aliphatic heterocycles. The van der Waals surface area contributed by atoms with Gasteiger partial charge in [0.2, 0.25) is 0 Å². The Bertz CT molecular complexity index is 1310. The van der Waals surface area contributed by atoms with Gasteiger partial charge in [0.25, 0.3) is 0 Å². The van der Waals surface area contributed by atoms with Crippen molar-refractivity contribution in [3.8, 4) is 17.3 Å². The maximum atomic E-state index is 12.6. The molecule has 2 aromatic carbocycles. The zero-order chi connectivity index (χ0) is 21.3. The van der Waals surface area contributed by atoms with Crippen molar-refractivity contribution in [3.63, 3.8) is 0 Å². The second-order valence-electron chi connectivity index (χ2n) is 7.06. The fourth-order valence-corrected chi connectivity index (χ4v) is 3.43. The van der Waals surface area contributed by atoms with E-state index in [0.29, 0.717) is 17.8 Å². The van der Waals surface area contributed by atoms with Crippen molar-refractivity contribution < 1.29 is 14.7 Å². The summed E-state index contributed by atoms with van der Waals surface area (Å²) in [7, 11) is 1.79. The lowest BCUT2D eigenvalue weighted by atomic mass is 10.0. The molecule has 148 valence electrons. The molecule has 0 unspecified atom stereocenters. The summed E-state index contributed by atoms with van der Waals surface area (Å²) in [5.74, 6) is -1.05. The third kappa shape index (κ3) is 3.71. The van der Waals surface area contributed by atoms with E-state index >= 15 is 0 Å². The van der Waals surface area contributed by atoms with E-state index in [-0.39, 0.29) is 17.8 Å². The molecule has 2 heterocycles. The molecule has 0 amide bonds. The maximum absolute atomic E-state index is 12.6. The molecule has 2 aromatic heterocycles. The van der Waals surface area contributed by atoms with Gasteiger partial charge in [-0.15, -0.1) is 0 Å². The van der Waals surface area contributed by atoms with Gasteiger partial charge in [-0.2, -0.15) is 10.4 Å². The molecule has 7 nitrogen and oxygen atoms in total. The molecular weight excluding hydrogens is 380 g/mol. The van der Waals surface area contributed by atoms with Gasteiger partial charge in [-0.05, 0) is 48.4 Å². The van der Waals surface area contributed by atoms with Crippen molar-refractivity contribution in [2.45, 2.75) is 12.8 Å². The second kappa shape index (κ2) is 7.68. The number of Topliss-reactive ketones (excluding diaryl/α,β-unsaturated/α-hetero) is 1. The number of aromatic amines is 1. The van der Waals surface area contributed by atoms with Gasteiger partial charge in [-0.1, -0.05) is 18.2 Å². The van der Waals surface area contributed by atoms with E-state index < -0.39 is 5.97 Å². The standard InChI is InChI=1S/C23H18N4O3/c1-27-21(16-7-8-19-17(10-16)11-18(13-24)25-19)12-20(26-27)22(28)9-4-14-2-5-15(6-3-14)23(29)30/h2-3,5-8,10-12,25H,4,9H2,1H3,(H,29,30). The number of carboxylic acid groups (broad SMARTS) is 1. The summed E-state index contributed by atoms with van der Waals surface area (Å²) in [6, 6.07) is 18.0. The van der Waals surface area contributed by atoms with Crippen LogP contribution in [0.5, 0.6) is 0 Å². The Hall–Kier alpha value is -4.18. The Morgan fingerprint density at radius 1 is 1.13 bits per heavy atom. The van der Waals surface area contributed by atoms with Crippen molar-refractivity contribution >= 4 is 22.7 Å². The molecular formula is C23H18N4O3. The fourth-order valence-electron chi connectivity index (χ4n) is 3.43. The van der Waals surface area contributed by atoms with Crippen LogP contribution in [0.2, 0.25) is 0 Å². The van der Waals surface area contributed by atoms with Crippen LogP contribution in [0.3, 0.4) is 0 Å². The molecule has 0 aliphatic carbocycles. The average Bonchev–Trinajstić information content (AvgIpc) is 3.34. The number of rotatable bonds is 6. The van der Waals surface area contributed by atoms with E-state index in [0.717, 1.165) is 27.7 Å². The minimum Gasteiger partial charge on any atom is -0.478 e. The monoisotopic (exact) mass is 398 g/mol. The topological polar surface area (TPSA) is 112 Å². The first kappa shape index (κ1) is 19.2. The van der Waals surface area contributed by atoms with Crippen LogP contribution in [-0.2, 0) is 13.5 Å². The molecule has 0 saturated carbocycles. The first-order valence-corrected chi connectivity index (χ1v) is 9.37. The van der Waals surface area contributed by atoms with E-state index in [1.165, 1.54) is 12.1 Å².